The number of carbonyl (C=O) groups excluding carboxylic acids is 2. The van der Waals surface area contributed by atoms with E-state index in [-0.39, 0.29) is 33.1 Å². The smallest absolute Gasteiger partial charge is 0.266 e. The summed E-state index contributed by atoms with van der Waals surface area (Å²) in [6, 6.07) is 4.07. The van der Waals surface area contributed by atoms with Crippen molar-refractivity contribution in [3.8, 4) is 0 Å². The number of ketones is 1. The van der Waals surface area contributed by atoms with Crippen LogP contribution in [0.2, 0.25) is 5.02 Å². The molecule has 0 aliphatic carbocycles. The van der Waals surface area contributed by atoms with Crippen LogP contribution in [0.3, 0.4) is 0 Å². The number of piperidine rings is 1. The number of hydrogen-bond acceptors (Lipinski definition) is 5. The molecule has 1 aromatic rings. The lowest BCUT2D eigenvalue weighted by molar-refractivity contribution is -0.124. The van der Waals surface area contributed by atoms with Gasteiger partial charge < -0.3 is 4.90 Å². The van der Waals surface area contributed by atoms with E-state index in [4.69, 9.17) is 16.4 Å². The van der Waals surface area contributed by atoms with Gasteiger partial charge in [-0.05, 0) is 18.2 Å². The van der Waals surface area contributed by atoms with Gasteiger partial charge in [0.2, 0.25) is 0 Å². The summed E-state index contributed by atoms with van der Waals surface area (Å²) in [5.74, 6) is -0.430. The van der Waals surface area contributed by atoms with Gasteiger partial charge in [0.15, 0.2) is 0 Å². The summed E-state index contributed by atoms with van der Waals surface area (Å²) < 4.78 is 25.4. The van der Waals surface area contributed by atoms with Crippen molar-refractivity contribution in [3.05, 3.63) is 28.8 Å². The topological polar surface area (TPSA) is 84.0 Å². The fraction of sp³-hybridized carbons (Fsp3) is 0.467. The molecule has 1 saturated heterocycles. The number of Topliss-reactive ketones (excluding diaryl/α,β-unsaturated/α-hetero) is 1. The molecule has 0 bridgehead atoms. The van der Waals surface area contributed by atoms with Crippen LogP contribution in [0, 0.1) is 5.92 Å². The van der Waals surface area contributed by atoms with Crippen LogP contribution in [-0.4, -0.2) is 56.7 Å². The molecular weight excluding hydrogens is 356 g/mol. The maximum atomic E-state index is 12.6. The molecular formula is C15H19ClN2O5S. The highest BCUT2D eigenvalue weighted by molar-refractivity contribution is 7.89. The van der Waals surface area contributed by atoms with Crippen LogP contribution in [0.25, 0.3) is 0 Å². The molecule has 0 aromatic heterocycles. The van der Waals surface area contributed by atoms with Crippen LogP contribution in [0.1, 0.15) is 23.7 Å². The SMILES string of the molecule is CON(C)S(=O)(=O)c1cc(C(=O)N2CCC(=O)[C@H](C)C2)ccc1Cl. The van der Waals surface area contributed by atoms with Crippen molar-refractivity contribution >= 4 is 33.3 Å². The van der Waals surface area contributed by atoms with Crippen LogP contribution in [-0.2, 0) is 19.7 Å². The first-order valence-corrected chi connectivity index (χ1v) is 9.15. The highest BCUT2D eigenvalue weighted by Gasteiger charge is 2.29. The third kappa shape index (κ3) is 3.61. The second-order valence-corrected chi connectivity index (χ2v) is 7.92. The van der Waals surface area contributed by atoms with Crippen molar-refractivity contribution < 1.29 is 22.8 Å². The number of rotatable bonds is 4. The molecule has 1 aliphatic heterocycles. The Morgan fingerprint density at radius 3 is 2.67 bits per heavy atom. The van der Waals surface area contributed by atoms with Crippen molar-refractivity contribution in [2.45, 2.75) is 18.2 Å². The van der Waals surface area contributed by atoms with Gasteiger partial charge in [-0.1, -0.05) is 23.0 Å². The molecule has 1 aromatic carbocycles. The number of sulfonamides is 1. The molecule has 1 heterocycles. The summed E-state index contributed by atoms with van der Waals surface area (Å²) >= 11 is 5.98. The normalized spacial score (nSPS) is 19.0. The summed E-state index contributed by atoms with van der Waals surface area (Å²) in [4.78, 5) is 30.3. The summed E-state index contributed by atoms with van der Waals surface area (Å²) in [7, 11) is -1.52. The molecule has 1 fully saturated rings. The number of benzene rings is 1. The Morgan fingerprint density at radius 2 is 2.08 bits per heavy atom. The molecule has 0 unspecified atom stereocenters. The Labute approximate surface area is 146 Å². The van der Waals surface area contributed by atoms with E-state index in [1.165, 1.54) is 32.4 Å². The summed E-state index contributed by atoms with van der Waals surface area (Å²) in [6.45, 7) is 2.41. The first-order chi connectivity index (χ1) is 11.2. The first kappa shape index (κ1) is 18.9. The van der Waals surface area contributed by atoms with Crippen molar-refractivity contribution in [3.63, 3.8) is 0 Å². The zero-order valence-corrected chi connectivity index (χ0v) is 15.2. The van der Waals surface area contributed by atoms with Crippen molar-refractivity contribution in [2.75, 3.05) is 27.2 Å². The molecule has 0 spiro atoms. The standard InChI is InChI=1S/C15H19ClN2O5S/c1-10-9-18(7-6-13(10)19)15(20)11-4-5-12(16)14(8-11)24(21,22)17(2)23-3/h4-5,8,10H,6-7,9H2,1-3H3/t10-/m1/s1. The van der Waals surface area contributed by atoms with E-state index >= 15 is 0 Å². The third-order valence-electron chi connectivity index (χ3n) is 4.01. The number of carbonyl (C=O) groups is 2. The molecule has 24 heavy (non-hydrogen) atoms. The maximum Gasteiger partial charge on any atom is 0.266 e. The van der Waals surface area contributed by atoms with Gasteiger partial charge in [-0.15, -0.1) is 0 Å². The van der Waals surface area contributed by atoms with Crippen LogP contribution in [0.15, 0.2) is 23.1 Å². The lowest BCUT2D eigenvalue weighted by atomic mass is 9.98. The summed E-state index contributed by atoms with van der Waals surface area (Å²) in [6.07, 6.45) is 0.304. The van der Waals surface area contributed by atoms with E-state index in [0.717, 1.165) is 0 Å². The van der Waals surface area contributed by atoms with Crippen LogP contribution < -0.4 is 0 Å². The van der Waals surface area contributed by atoms with Crippen LogP contribution in [0.4, 0.5) is 0 Å². The first-order valence-electron chi connectivity index (χ1n) is 7.33. The highest BCUT2D eigenvalue weighted by Crippen LogP contribution is 2.26. The van der Waals surface area contributed by atoms with Gasteiger partial charge in [-0.2, -0.15) is 0 Å². The summed E-state index contributed by atoms with van der Waals surface area (Å²) in [5, 5.41) is -0.00219. The lowest BCUT2D eigenvalue weighted by Gasteiger charge is -2.30. The lowest BCUT2D eigenvalue weighted by Crippen LogP contribution is -2.43. The fourth-order valence-electron chi connectivity index (χ4n) is 2.45. The van der Waals surface area contributed by atoms with Crippen LogP contribution >= 0.6 is 11.6 Å². The Balaban J connectivity index is 2.34. The number of hydrogen-bond donors (Lipinski definition) is 0. The molecule has 0 radical (unpaired) electrons. The van der Waals surface area contributed by atoms with E-state index in [9.17, 15) is 18.0 Å². The second kappa shape index (κ2) is 7.18. The second-order valence-electron chi connectivity index (χ2n) is 5.61. The largest absolute Gasteiger partial charge is 0.337 e. The van der Waals surface area contributed by atoms with Crippen LogP contribution in [0.5, 0.6) is 0 Å². The van der Waals surface area contributed by atoms with Gasteiger partial charge in [0.1, 0.15) is 10.7 Å². The molecule has 7 nitrogen and oxygen atoms in total. The minimum Gasteiger partial charge on any atom is -0.337 e. The molecule has 1 aliphatic rings. The van der Waals surface area contributed by atoms with Gasteiger partial charge >= 0.3 is 0 Å². The predicted molar refractivity (Wildman–Crippen MR) is 88.1 cm³/mol. The van der Waals surface area contributed by atoms with E-state index < -0.39 is 10.0 Å². The van der Waals surface area contributed by atoms with Crippen molar-refractivity contribution in [2.24, 2.45) is 5.92 Å². The number of amides is 1. The number of halogens is 1. The van der Waals surface area contributed by atoms with Gasteiger partial charge in [0.25, 0.3) is 15.9 Å². The molecule has 1 atom stereocenters. The number of nitrogens with zero attached hydrogens (tertiary/aromatic N) is 2. The Hall–Kier alpha value is -1.48. The monoisotopic (exact) mass is 374 g/mol. The minimum absolute atomic E-state index is 0.00219. The van der Waals surface area contributed by atoms with Gasteiger partial charge in [0, 0.05) is 38.0 Å². The van der Waals surface area contributed by atoms with Gasteiger partial charge in [-0.25, -0.2) is 8.42 Å². The molecule has 0 N–H and O–H groups in total. The molecule has 2 rings (SSSR count). The average molecular weight is 375 g/mol. The highest BCUT2D eigenvalue weighted by atomic mass is 35.5. The molecule has 0 saturated carbocycles. The van der Waals surface area contributed by atoms with Gasteiger partial charge in [0.05, 0.1) is 12.1 Å². The minimum atomic E-state index is -3.97. The van der Waals surface area contributed by atoms with Crippen molar-refractivity contribution in [1.29, 1.82) is 0 Å². The Kier molecular flexibility index (Phi) is 5.64. The van der Waals surface area contributed by atoms with Gasteiger partial charge in [-0.3, -0.25) is 14.4 Å². The summed E-state index contributed by atoms with van der Waals surface area (Å²) in [5.41, 5.74) is 0.198. The van der Waals surface area contributed by atoms with E-state index in [1.54, 1.807) is 11.8 Å². The molecule has 132 valence electrons. The van der Waals surface area contributed by atoms with Crippen molar-refractivity contribution in [1.82, 2.24) is 9.37 Å². The fourth-order valence-corrected chi connectivity index (χ4v) is 3.93. The number of hydroxylamine groups is 1. The predicted octanol–water partition coefficient (Wildman–Crippen LogP) is 1.57. The van der Waals surface area contributed by atoms with E-state index in [2.05, 4.69) is 0 Å². The zero-order valence-electron chi connectivity index (χ0n) is 13.7. The molecule has 1 amide bonds. The maximum absolute atomic E-state index is 12.6. The zero-order chi connectivity index (χ0) is 18.1. The molecule has 9 heteroatoms. The van der Waals surface area contributed by atoms with E-state index in [0.29, 0.717) is 24.0 Å². The Morgan fingerprint density at radius 1 is 1.42 bits per heavy atom. The quantitative estimate of drug-likeness (QED) is 0.747. The number of likely N-dealkylation sites (tertiary alicyclic amines) is 1. The average Bonchev–Trinajstić information content (AvgIpc) is 2.56. The third-order valence-corrected chi connectivity index (χ3v) is 6.17. The Bertz CT molecular complexity index is 765. The van der Waals surface area contributed by atoms with E-state index in [1.807, 2.05) is 0 Å².